The van der Waals surface area contributed by atoms with Gasteiger partial charge >= 0.3 is 0 Å². The second-order valence-corrected chi connectivity index (χ2v) is 7.53. The zero-order chi connectivity index (χ0) is 18.7. The molecule has 0 atom stereocenters. The molecule has 4 nitrogen and oxygen atoms in total. The van der Waals surface area contributed by atoms with Crippen molar-refractivity contribution in [3.8, 4) is 0 Å². The molecule has 1 N–H and O–H groups in total. The molecule has 0 aliphatic rings. The highest BCUT2D eigenvalue weighted by atomic mass is 35.5. The minimum atomic E-state index is -0.358. The topological polar surface area (TPSA) is 46.9 Å². The van der Waals surface area contributed by atoms with E-state index >= 15 is 0 Å². The van der Waals surface area contributed by atoms with Crippen LogP contribution in [0.5, 0.6) is 0 Å². The number of carbonyl (C=O) groups is 1. The molecule has 0 radical (unpaired) electrons. The van der Waals surface area contributed by atoms with E-state index in [1.165, 1.54) is 17.8 Å². The second kappa shape index (κ2) is 8.10. The van der Waals surface area contributed by atoms with E-state index in [2.05, 4.69) is 10.3 Å². The molecule has 1 heterocycles. The van der Waals surface area contributed by atoms with Gasteiger partial charge in [0.15, 0.2) is 5.16 Å². The van der Waals surface area contributed by atoms with Gasteiger partial charge in [0.1, 0.15) is 5.82 Å². The molecule has 3 rings (SSSR count). The average molecular weight is 392 g/mol. The number of amides is 1. The third-order valence-corrected chi connectivity index (χ3v) is 5.11. The minimum Gasteiger partial charge on any atom is -0.353 e. The van der Waals surface area contributed by atoms with Crippen LogP contribution in [0.15, 0.2) is 47.6 Å². The van der Waals surface area contributed by atoms with Crippen LogP contribution >= 0.6 is 23.4 Å². The number of rotatable bonds is 6. The zero-order valence-electron chi connectivity index (χ0n) is 14.5. The van der Waals surface area contributed by atoms with Gasteiger partial charge < -0.3 is 9.88 Å². The number of thioether (sulfide) groups is 1. The molecule has 1 aromatic heterocycles. The lowest BCUT2D eigenvalue weighted by Gasteiger charge is -2.12. The summed E-state index contributed by atoms with van der Waals surface area (Å²) >= 11 is 7.52. The number of benzene rings is 2. The third-order valence-electron chi connectivity index (χ3n) is 3.78. The van der Waals surface area contributed by atoms with Crippen LogP contribution in [0.2, 0.25) is 5.02 Å². The van der Waals surface area contributed by atoms with Crippen molar-refractivity contribution >= 4 is 40.3 Å². The highest BCUT2D eigenvalue weighted by Gasteiger charge is 2.16. The molecule has 0 unspecified atom stereocenters. The van der Waals surface area contributed by atoms with E-state index in [0.29, 0.717) is 15.7 Å². The first-order valence-corrected chi connectivity index (χ1v) is 9.62. The lowest BCUT2D eigenvalue weighted by Crippen LogP contribution is -2.31. The molecule has 0 bridgehead atoms. The molecule has 0 saturated carbocycles. The lowest BCUT2D eigenvalue weighted by molar-refractivity contribution is -0.119. The summed E-state index contributed by atoms with van der Waals surface area (Å²) in [5.74, 6) is -0.178. The maximum Gasteiger partial charge on any atom is 0.230 e. The Morgan fingerprint density at radius 2 is 2.04 bits per heavy atom. The molecule has 2 aromatic carbocycles. The van der Waals surface area contributed by atoms with Crippen LogP contribution in [0.3, 0.4) is 0 Å². The van der Waals surface area contributed by atoms with Crippen molar-refractivity contribution in [2.45, 2.75) is 31.6 Å². The van der Waals surface area contributed by atoms with Crippen LogP contribution in [0.4, 0.5) is 4.39 Å². The fraction of sp³-hybridized carbons (Fsp3) is 0.263. The van der Waals surface area contributed by atoms with Gasteiger partial charge in [-0.3, -0.25) is 4.79 Å². The number of carbonyl (C=O) groups excluding carboxylic acids is 1. The Balaban J connectivity index is 1.93. The molecule has 26 heavy (non-hydrogen) atoms. The van der Waals surface area contributed by atoms with Gasteiger partial charge in [-0.2, -0.15) is 0 Å². The smallest absolute Gasteiger partial charge is 0.230 e. The Bertz CT molecular complexity index is 921. The SMILES string of the molecule is CC(C)NC(=O)CSc1nc2ccccc2n1Cc1c(F)cccc1Cl. The predicted octanol–water partition coefficient (Wildman–Crippen LogP) is 4.49. The summed E-state index contributed by atoms with van der Waals surface area (Å²) in [7, 11) is 0. The van der Waals surface area contributed by atoms with Crippen LogP contribution in [-0.4, -0.2) is 27.3 Å². The Morgan fingerprint density at radius 1 is 1.27 bits per heavy atom. The van der Waals surface area contributed by atoms with Crippen LogP contribution < -0.4 is 5.32 Å². The number of halogens is 2. The summed E-state index contributed by atoms with van der Waals surface area (Å²) < 4.78 is 16.1. The quantitative estimate of drug-likeness (QED) is 0.629. The maximum atomic E-state index is 14.2. The van der Waals surface area contributed by atoms with E-state index in [-0.39, 0.29) is 30.1 Å². The fourth-order valence-electron chi connectivity index (χ4n) is 2.65. The highest BCUT2D eigenvalue weighted by molar-refractivity contribution is 7.99. The first-order valence-electron chi connectivity index (χ1n) is 8.26. The summed E-state index contributed by atoms with van der Waals surface area (Å²) in [5, 5.41) is 3.88. The fourth-order valence-corrected chi connectivity index (χ4v) is 3.70. The zero-order valence-corrected chi connectivity index (χ0v) is 16.1. The molecule has 0 aliphatic carbocycles. The van der Waals surface area contributed by atoms with Crippen molar-refractivity contribution < 1.29 is 9.18 Å². The van der Waals surface area contributed by atoms with Gasteiger partial charge in [-0.1, -0.05) is 41.6 Å². The van der Waals surface area contributed by atoms with Crippen LogP contribution in [0, 0.1) is 5.82 Å². The van der Waals surface area contributed by atoms with Crippen molar-refractivity contribution in [1.29, 1.82) is 0 Å². The normalized spacial score (nSPS) is 11.3. The van der Waals surface area contributed by atoms with Gasteiger partial charge in [0.25, 0.3) is 0 Å². The van der Waals surface area contributed by atoms with Crippen LogP contribution in [0.1, 0.15) is 19.4 Å². The van der Waals surface area contributed by atoms with Gasteiger partial charge in [0.2, 0.25) is 5.91 Å². The number of imidazole rings is 1. The van der Waals surface area contributed by atoms with Gasteiger partial charge in [-0.15, -0.1) is 0 Å². The van der Waals surface area contributed by atoms with Crippen molar-refractivity contribution in [3.63, 3.8) is 0 Å². The molecule has 0 spiro atoms. The molecule has 0 fully saturated rings. The number of aromatic nitrogens is 2. The van der Waals surface area contributed by atoms with Crippen LogP contribution in [0.25, 0.3) is 11.0 Å². The van der Waals surface area contributed by atoms with Crippen molar-refractivity contribution in [3.05, 3.63) is 58.9 Å². The summed E-state index contributed by atoms with van der Waals surface area (Å²) in [5.41, 5.74) is 2.08. The van der Waals surface area contributed by atoms with E-state index in [4.69, 9.17) is 11.6 Å². The molecular formula is C19H19ClFN3OS. The third kappa shape index (κ3) is 4.19. The number of nitrogens with zero attached hydrogens (tertiary/aromatic N) is 2. The van der Waals surface area contributed by atoms with Gasteiger partial charge in [0.05, 0.1) is 23.3 Å². The van der Waals surface area contributed by atoms with E-state index in [1.807, 2.05) is 42.7 Å². The number of para-hydroxylation sites is 2. The first-order chi connectivity index (χ1) is 12.5. The molecule has 0 aliphatic heterocycles. The van der Waals surface area contributed by atoms with E-state index in [9.17, 15) is 9.18 Å². The summed E-state index contributed by atoms with van der Waals surface area (Å²) in [6.07, 6.45) is 0. The summed E-state index contributed by atoms with van der Waals surface area (Å²) in [6, 6.07) is 12.4. The second-order valence-electron chi connectivity index (χ2n) is 6.18. The van der Waals surface area contributed by atoms with E-state index in [0.717, 1.165) is 11.0 Å². The Hall–Kier alpha value is -2.05. The highest BCUT2D eigenvalue weighted by Crippen LogP contribution is 2.28. The number of hydrogen-bond donors (Lipinski definition) is 1. The van der Waals surface area contributed by atoms with Crippen molar-refractivity contribution in [2.75, 3.05) is 5.75 Å². The van der Waals surface area contributed by atoms with Crippen molar-refractivity contribution in [1.82, 2.24) is 14.9 Å². The molecule has 0 saturated heterocycles. The van der Waals surface area contributed by atoms with E-state index in [1.54, 1.807) is 12.1 Å². The Labute approximate surface area is 160 Å². The molecule has 1 amide bonds. The Morgan fingerprint density at radius 3 is 2.77 bits per heavy atom. The first kappa shape index (κ1) is 18.7. The van der Waals surface area contributed by atoms with Gasteiger partial charge in [-0.25, -0.2) is 9.37 Å². The Kier molecular flexibility index (Phi) is 5.84. The largest absolute Gasteiger partial charge is 0.353 e. The lowest BCUT2D eigenvalue weighted by atomic mass is 10.2. The average Bonchev–Trinajstić information content (AvgIpc) is 2.93. The monoisotopic (exact) mass is 391 g/mol. The maximum absolute atomic E-state index is 14.2. The van der Waals surface area contributed by atoms with Gasteiger partial charge in [0, 0.05) is 16.6 Å². The predicted molar refractivity (Wildman–Crippen MR) is 104 cm³/mol. The van der Waals surface area contributed by atoms with Gasteiger partial charge in [-0.05, 0) is 38.1 Å². The molecular weight excluding hydrogens is 373 g/mol. The van der Waals surface area contributed by atoms with Crippen molar-refractivity contribution in [2.24, 2.45) is 0 Å². The summed E-state index contributed by atoms with van der Waals surface area (Å²) in [6.45, 7) is 4.08. The molecule has 136 valence electrons. The number of hydrogen-bond acceptors (Lipinski definition) is 3. The molecule has 7 heteroatoms. The standard InChI is InChI=1S/C19H19ClFN3OS/c1-12(2)22-18(25)11-26-19-23-16-8-3-4-9-17(16)24(19)10-13-14(20)6-5-7-15(13)21/h3-9,12H,10-11H2,1-2H3,(H,22,25). The number of nitrogens with one attached hydrogen (secondary N) is 1. The number of fused-ring (bicyclic) bond motifs is 1. The summed E-state index contributed by atoms with van der Waals surface area (Å²) in [4.78, 5) is 16.6. The molecule has 3 aromatic rings. The minimum absolute atomic E-state index is 0.0625. The van der Waals surface area contributed by atoms with E-state index < -0.39 is 0 Å². The van der Waals surface area contributed by atoms with Crippen LogP contribution in [-0.2, 0) is 11.3 Å².